The molecule has 3 aromatic rings. The third-order valence-electron chi connectivity index (χ3n) is 4.68. The molecular weight excluding hydrogens is 375 g/mol. The molecule has 27 heavy (non-hydrogen) atoms. The van der Waals surface area contributed by atoms with Gasteiger partial charge in [-0.3, -0.25) is 4.79 Å². The molecule has 2 aromatic carbocycles. The van der Waals surface area contributed by atoms with E-state index in [-0.39, 0.29) is 5.91 Å². The first-order valence-electron chi connectivity index (χ1n) is 8.46. The van der Waals surface area contributed by atoms with Crippen molar-refractivity contribution in [3.63, 3.8) is 0 Å². The summed E-state index contributed by atoms with van der Waals surface area (Å²) in [6.07, 6.45) is -4.36. The first-order valence-corrected chi connectivity index (χ1v) is 9.34. The van der Waals surface area contributed by atoms with Gasteiger partial charge in [0, 0.05) is 37.4 Å². The number of nitrogens with zero attached hydrogens (tertiary/aromatic N) is 3. The van der Waals surface area contributed by atoms with E-state index in [9.17, 15) is 18.0 Å². The van der Waals surface area contributed by atoms with E-state index < -0.39 is 11.7 Å². The maximum absolute atomic E-state index is 12.9. The van der Waals surface area contributed by atoms with Crippen molar-refractivity contribution in [2.45, 2.75) is 6.18 Å². The van der Waals surface area contributed by atoms with Gasteiger partial charge >= 0.3 is 6.18 Å². The molecule has 0 N–H and O–H groups in total. The standard InChI is InChI=1S/C19H16F3N3OS/c20-19(21,22)14-2-1-3-15(11-14)24-6-8-25(9-7-24)18(26)13-4-5-16-17(10-13)27-12-23-16/h1-5,10-12H,6-9H2. The lowest BCUT2D eigenvalue weighted by Gasteiger charge is -2.36. The number of anilines is 1. The Hall–Kier alpha value is -2.61. The molecule has 1 fully saturated rings. The van der Waals surface area contributed by atoms with Crippen molar-refractivity contribution in [1.82, 2.24) is 9.88 Å². The lowest BCUT2D eigenvalue weighted by atomic mass is 10.1. The number of fused-ring (bicyclic) bond motifs is 1. The maximum atomic E-state index is 12.9. The van der Waals surface area contributed by atoms with E-state index in [1.165, 1.54) is 17.4 Å². The number of hydrogen-bond donors (Lipinski definition) is 0. The predicted molar refractivity (Wildman–Crippen MR) is 99.2 cm³/mol. The number of carbonyl (C=O) groups is 1. The number of rotatable bonds is 2. The molecule has 8 heteroatoms. The van der Waals surface area contributed by atoms with Gasteiger partial charge in [-0.2, -0.15) is 13.2 Å². The van der Waals surface area contributed by atoms with Crippen molar-refractivity contribution in [2.24, 2.45) is 0 Å². The van der Waals surface area contributed by atoms with E-state index >= 15 is 0 Å². The molecule has 1 aliphatic rings. The second-order valence-electron chi connectivity index (χ2n) is 6.36. The number of carbonyl (C=O) groups excluding carboxylic acids is 1. The van der Waals surface area contributed by atoms with Gasteiger partial charge < -0.3 is 9.80 Å². The largest absolute Gasteiger partial charge is 0.416 e. The number of hydrogen-bond acceptors (Lipinski definition) is 4. The summed E-state index contributed by atoms with van der Waals surface area (Å²) in [5.74, 6) is -0.0611. The fraction of sp³-hybridized carbons (Fsp3) is 0.263. The zero-order valence-corrected chi connectivity index (χ0v) is 15.1. The topological polar surface area (TPSA) is 36.4 Å². The molecule has 1 aliphatic heterocycles. The van der Waals surface area contributed by atoms with Crippen LogP contribution in [0.4, 0.5) is 18.9 Å². The minimum absolute atomic E-state index is 0.0611. The highest BCUT2D eigenvalue weighted by molar-refractivity contribution is 7.16. The van der Waals surface area contributed by atoms with E-state index in [0.29, 0.717) is 37.4 Å². The smallest absolute Gasteiger partial charge is 0.368 e. The highest BCUT2D eigenvalue weighted by atomic mass is 32.1. The van der Waals surface area contributed by atoms with Crippen molar-refractivity contribution in [3.8, 4) is 0 Å². The fourth-order valence-corrected chi connectivity index (χ4v) is 3.93. The monoisotopic (exact) mass is 391 g/mol. The molecule has 4 rings (SSSR count). The van der Waals surface area contributed by atoms with E-state index in [0.717, 1.165) is 22.3 Å². The van der Waals surface area contributed by atoms with Crippen LogP contribution >= 0.6 is 11.3 Å². The van der Waals surface area contributed by atoms with Gasteiger partial charge in [0.25, 0.3) is 5.91 Å². The molecule has 0 unspecified atom stereocenters. The lowest BCUT2D eigenvalue weighted by molar-refractivity contribution is -0.137. The SMILES string of the molecule is O=C(c1ccc2ncsc2c1)N1CCN(c2cccc(C(F)(F)F)c2)CC1. The van der Waals surface area contributed by atoms with Gasteiger partial charge in [-0.15, -0.1) is 11.3 Å². The third-order valence-corrected chi connectivity index (χ3v) is 5.48. The van der Waals surface area contributed by atoms with Crippen molar-refractivity contribution >= 4 is 33.1 Å². The zero-order valence-electron chi connectivity index (χ0n) is 14.2. The Morgan fingerprint density at radius 3 is 2.56 bits per heavy atom. The Morgan fingerprint density at radius 1 is 1.04 bits per heavy atom. The molecule has 0 saturated carbocycles. The summed E-state index contributed by atoms with van der Waals surface area (Å²) in [4.78, 5) is 20.6. The predicted octanol–water partition coefficient (Wildman–Crippen LogP) is 4.28. The Bertz CT molecular complexity index is 977. The van der Waals surface area contributed by atoms with Gasteiger partial charge in [-0.05, 0) is 36.4 Å². The van der Waals surface area contributed by atoms with Crippen LogP contribution in [0.2, 0.25) is 0 Å². The van der Waals surface area contributed by atoms with Crippen LogP contribution in [0.1, 0.15) is 15.9 Å². The number of thiazole rings is 1. The Morgan fingerprint density at radius 2 is 1.81 bits per heavy atom. The van der Waals surface area contributed by atoms with Crippen molar-refractivity contribution in [1.29, 1.82) is 0 Å². The van der Waals surface area contributed by atoms with Crippen LogP contribution in [-0.2, 0) is 6.18 Å². The summed E-state index contributed by atoms with van der Waals surface area (Å²) in [5, 5.41) is 0. The summed E-state index contributed by atoms with van der Waals surface area (Å²) in [7, 11) is 0. The maximum Gasteiger partial charge on any atom is 0.416 e. The summed E-state index contributed by atoms with van der Waals surface area (Å²) in [6.45, 7) is 1.93. The first-order chi connectivity index (χ1) is 12.9. The quantitative estimate of drug-likeness (QED) is 0.654. The second-order valence-corrected chi connectivity index (χ2v) is 7.25. The minimum Gasteiger partial charge on any atom is -0.368 e. The lowest BCUT2D eigenvalue weighted by Crippen LogP contribution is -2.48. The molecule has 1 aromatic heterocycles. The number of piperazine rings is 1. The van der Waals surface area contributed by atoms with E-state index in [1.807, 2.05) is 17.0 Å². The molecule has 1 saturated heterocycles. The first kappa shape index (κ1) is 17.8. The molecule has 0 aliphatic carbocycles. The van der Waals surface area contributed by atoms with Gasteiger partial charge in [0.2, 0.25) is 0 Å². The summed E-state index contributed by atoms with van der Waals surface area (Å²) in [5.41, 5.74) is 3.09. The number of benzene rings is 2. The van der Waals surface area contributed by atoms with Crippen molar-refractivity contribution in [3.05, 3.63) is 59.1 Å². The van der Waals surface area contributed by atoms with Crippen LogP contribution in [0.5, 0.6) is 0 Å². The van der Waals surface area contributed by atoms with Crippen LogP contribution in [0.3, 0.4) is 0 Å². The van der Waals surface area contributed by atoms with Crippen molar-refractivity contribution in [2.75, 3.05) is 31.1 Å². The van der Waals surface area contributed by atoms with Crippen LogP contribution in [0.15, 0.2) is 48.0 Å². The zero-order chi connectivity index (χ0) is 19.0. The number of alkyl halides is 3. The highest BCUT2D eigenvalue weighted by Gasteiger charge is 2.31. The van der Waals surface area contributed by atoms with Crippen LogP contribution in [0.25, 0.3) is 10.2 Å². The van der Waals surface area contributed by atoms with Crippen LogP contribution < -0.4 is 4.90 Å². The normalized spacial score (nSPS) is 15.4. The summed E-state index contributed by atoms with van der Waals surface area (Å²) < 4.78 is 39.7. The van der Waals surface area contributed by atoms with Crippen molar-refractivity contribution < 1.29 is 18.0 Å². The van der Waals surface area contributed by atoms with Crippen LogP contribution in [-0.4, -0.2) is 42.0 Å². The summed E-state index contributed by atoms with van der Waals surface area (Å²) in [6, 6.07) is 10.8. The third kappa shape index (κ3) is 3.62. The molecule has 140 valence electrons. The second kappa shape index (κ2) is 6.84. The molecule has 0 spiro atoms. The Kier molecular flexibility index (Phi) is 4.51. The molecule has 0 atom stereocenters. The number of halogens is 3. The number of amides is 1. The van der Waals surface area contributed by atoms with E-state index in [2.05, 4.69) is 4.98 Å². The van der Waals surface area contributed by atoms with Gasteiger partial charge in [0.05, 0.1) is 21.3 Å². The Balaban J connectivity index is 1.45. The van der Waals surface area contributed by atoms with Gasteiger partial charge in [-0.1, -0.05) is 6.07 Å². The summed E-state index contributed by atoms with van der Waals surface area (Å²) >= 11 is 1.48. The molecule has 2 heterocycles. The van der Waals surface area contributed by atoms with E-state index in [1.54, 1.807) is 22.5 Å². The van der Waals surface area contributed by atoms with Crippen LogP contribution in [0, 0.1) is 0 Å². The fourth-order valence-electron chi connectivity index (χ4n) is 3.22. The van der Waals surface area contributed by atoms with Gasteiger partial charge in [0.15, 0.2) is 0 Å². The minimum atomic E-state index is -4.36. The number of aromatic nitrogens is 1. The average Bonchev–Trinajstić information content (AvgIpc) is 3.15. The molecule has 4 nitrogen and oxygen atoms in total. The van der Waals surface area contributed by atoms with E-state index in [4.69, 9.17) is 0 Å². The molecular formula is C19H16F3N3OS. The molecule has 0 bridgehead atoms. The average molecular weight is 391 g/mol. The van der Waals surface area contributed by atoms with Gasteiger partial charge in [0.1, 0.15) is 0 Å². The molecule has 1 amide bonds. The Labute approximate surface area is 157 Å². The van der Waals surface area contributed by atoms with Gasteiger partial charge in [-0.25, -0.2) is 4.98 Å². The highest BCUT2D eigenvalue weighted by Crippen LogP contribution is 2.32. The molecule has 0 radical (unpaired) electrons.